The fraction of sp³-hybridized carbons (Fsp3) is 0.632. The van der Waals surface area contributed by atoms with Crippen LogP contribution >= 0.6 is 0 Å². The number of carbonyl (C=O) groups is 1. The molecular weight excluding hydrogens is 341 g/mol. The first kappa shape index (κ1) is 19.9. The van der Waals surface area contributed by atoms with Crippen molar-refractivity contribution in [2.24, 2.45) is 5.92 Å². The normalized spacial score (nSPS) is 16.9. The molecule has 1 aromatic rings. The Hall–Kier alpha value is -1.43. The fourth-order valence-corrected chi connectivity index (χ4v) is 4.40. The molecule has 0 N–H and O–H groups in total. The second-order valence-corrected chi connectivity index (χ2v) is 10.8. The van der Waals surface area contributed by atoms with Gasteiger partial charge in [-0.05, 0) is 63.6 Å². The van der Waals surface area contributed by atoms with Crippen LogP contribution < -0.4 is 0 Å². The summed E-state index contributed by atoms with van der Waals surface area (Å²) in [7, 11) is -3.14. The molecule has 1 fully saturated rings. The highest BCUT2D eigenvalue weighted by molar-refractivity contribution is 7.92. The number of sulfone groups is 1. The number of aryl methyl sites for hydroxylation is 1. The van der Waals surface area contributed by atoms with E-state index in [0.29, 0.717) is 37.1 Å². The molecule has 0 spiro atoms. The van der Waals surface area contributed by atoms with Crippen LogP contribution in [0.3, 0.4) is 0 Å². The molecule has 0 saturated carbocycles. The smallest absolute Gasteiger partial charge is 0.226 e. The zero-order chi connectivity index (χ0) is 18.8. The van der Waals surface area contributed by atoms with Crippen LogP contribution in [0.2, 0.25) is 0 Å². The lowest BCUT2D eigenvalue weighted by atomic mass is 9.98. The molecule has 6 heteroatoms. The molecule has 4 nitrogen and oxygen atoms in total. The third-order valence-corrected chi connectivity index (χ3v) is 7.72. The molecular formula is C19H28FNO3S. The topological polar surface area (TPSA) is 54.5 Å². The highest BCUT2D eigenvalue weighted by Crippen LogP contribution is 2.25. The predicted molar refractivity (Wildman–Crippen MR) is 97.7 cm³/mol. The van der Waals surface area contributed by atoms with E-state index in [1.807, 2.05) is 0 Å². The van der Waals surface area contributed by atoms with E-state index >= 15 is 0 Å². The first-order valence-electron chi connectivity index (χ1n) is 8.75. The fourth-order valence-electron chi connectivity index (χ4n) is 2.94. The molecule has 0 atom stereocenters. The number of amides is 1. The summed E-state index contributed by atoms with van der Waals surface area (Å²) in [4.78, 5) is 14.2. The average molecular weight is 370 g/mol. The Morgan fingerprint density at radius 3 is 2.36 bits per heavy atom. The number of rotatable bonds is 4. The Morgan fingerprint density at radius 2 is 1.84 bits per heavy atom. The standard InChI is InChI=1S/C19H28FNO3S/c1-14-5-6-16(11-17(14)20)12-18(22)21-9-7-15(8-10-21)13-25(23,24)19(2,3)4/h5-6,11,15H,7-10,12-13H2,1-4H3. The maximum Gasteiger partial charge on any atom is 0.226 e. The van der Waals surface area contributed by atoms with Gasteiger partial charge in [-0.2, -0.15) is 0 Å². The minimum atomic E-state index is -3.14. The lowest BCUT2D eigenvalue weighted by molar-refractivity contribution is -0.131. The predicted octanol–water partition coefficient (Wildman–Crippen LogP) is 3.13. The van der Waals surface area contributed by atoms with Crippen molar-refractivity contribution < 1.29 is 17.6 Å². The van der Waals surface area contributed by atoms with Gasteiger partial charge in [0.05, 0.1) is 16.9 Å². The summed E-state index contributed by atoms with van der Waals surface area (Å²) in [5, 5.41) is 0. The number of nitrogens with zero attached hydrogens (tertiary/aromatic N) is 1. The molecule has 0 radical (unpaired) electrons. The largest absolute Gasteiger partial charge is 0.342 e. The lowest BCUT2D eigenvalue weighted by Crippen LogP contribution is -2.42. The highest BCUT2D eigenvalue weighted by atomic mass is 32.2. The average Bonchev–Trinajstić information content (AvgIpc) is 2.50. The van der Waals surface area contributed by atoms with Gasteiger partial charge >= 0.3 is 0 Å². The molecule has 1 heterocycles. The molecule has 1 aliphatic heterocycles. The second kappa shape index (κ2) is 7.44. The molecule has 2 rings (SSSR count). The zero-order valence-corrected chi connectivity index (χ0v) is 16.3. The van der Waals surface area contributed by atoms with Crippen LogP contribution in [0.15, 0.2) is 18.2 Å². The number of likely N-dealkylation sites (tertiary alicyclic amines) is 1. The number of hydrogen-bond donors (Lipinski definition) is 0. The Balaban J connectivity index is 1.89. The summed E-state index contributed by atoms with van der Waals surface area (Å²) in [5.41, 5.74) is 1.24. The van der Waals surface area contributed by atoms with Gasteiger partial charge in [0.2, 0.25) is 5.91 Å². The van der Waals surface area contributed by atoms with Crippen molar-refractivity contribution in [3.8, 4) is 0 Å². The first-order valence-corrected chi connectivity index (χ1v) is 10.4. The summed E-state index contributed by atoms with van der Waals surface area (Å²) in [5.74, 6) is -0.0382. The van der Waals surface area contributed by atoms with Crippen LogP contribution in [-0.2, 0) is 21.1 Å². The SMILES string of the molecule is Cc1ccc(CC(=O)N2CCC(CS(=O)(=O)C(C)(C)C)CC2)cc1F. The van der Waals surface area contributed by atoms with Crippen LogP contribution in [0.5, 0.6) is 0 Å². The van der Waals surface area contributed by atoms with Crippen molar-refractivity contribution in [1.82, 2.24) is 4.90 Å². The van der Waals surface area contributed by atoms with Crippen molar-refractivity contribution in [2.75, 3.05) is 18.8 Å². The van der Waals surface area contributed by atoms with Crippen molar-refractivity contribution in [1.29, 1.82) is 0 Å². The summed E-state index contributed by atoms with van der Waals surface area (Å²) >= 11 is 0. The Labute approximate surface area is 150 Å². The molecule has 0 unspecified atom stereocenters. The second-order valence-electron chi connectivity index (χ2n) is 7.98. The number of hydrogen-bond acceptors (Lipinski definition) is 3. The van der Waals surface area contributed by atoms with Gasteiger partial charge in [0, 0.05) is 13.1 Å². The summed E-state index contributed by atoms with van der Waals surface area (Å²) in [6.07, 6.45) is 1.58. The van der Waals surface area contributed by atoms with E-state index in [2.05, 4.69) is 0 Å². The van der Waals surface area contributed by atoms with Crippen LogP contribution in [-0.4, -0.2) is 42.8 Å². The third kappa shape index (κ3) is 5.03. The molecule has 140 valence electrons. The number of halogens is 1. The first-order chi connectivity index (χ1) is 11.5. The minimum Gasteiger partial charge on any atom is -0.342 e. The van der Waals surface area contributed by atoms with E-state index in [4.69, 9.17) is 0 Å². The van der Waals surface area contributed by atoms with Gasteiger partial charge < -0.3 is 4.90 Å². The van der Waals surface area contributed by atoms with Crippen LogP contribution in [0, 0.1) is 18.7 Å². The highest BCUT2D eigenvalue weighted by Gasteiger charge is 2.33. The summed E-state index contributed by atoms with van der Waals surface area (Å²) < 4.78 is 37.5. The monoisotopic (exact) mass is 369 g/mol. The molecule has 1 aromatic carbocycles. The minimum absolute atomic E-state index is 0.0274. The van der Waals surface area contributed by atoms with Crippen LogP contribution in [0.25, 0.3) is 0 Å². The van der Waals surface area contributed by atoms with Gasteiger partial charge in [-0.25, -0.2) is 12.8 Å². The molecule has 0 bridgehead atoms. The van der Waals surface area contributed by atoms with Gasteiger partial charge in [0.15, 0.2) is 9.84 Å². The molecule has 1 saturated heterocycles. The number of benzene rings is 1. The molecule has 1 amide bonds. The van der Waals surface area contributed by atoms with E-state index < -0.39 is 14.6 Å². The lowest BCUT2D eigenvalue weighted by Gasteiger charge is -2.33. The van der Waals surface area contributed by atoms with Crippen molar-refractivity contribution in [3.05, 3.63) is 35.1 Å². The van der Waals surface area contributed by atoms with E-state index in [0.717, 1.165) is 0 Å². The van der Waals surface area contributed by atoms with Crippen LogP contribution in [0.1, 0.15) is 44.7 Å². The van der Waals surface area contributed by atoms with Crippen molar-refractivity contribution >= 4 is 15.7 Å². The van der Waals surface area contributed by atoms with E-state index in [9.17, 15) is 17.6 Å². The van der Waals surface area contributed by atoms with Gasteiger partial charge in [0.25, 0.3) is 0 Å². The quantitative estimate of drug-likeness (QED) is 0.819. The Kier molecular flexibility index (Phi) is 5.92. The van der Waals surface area contributed by atoms with Crippen LogP contribution in [0.4, 0.5) is 4.39 Å². The van der Waals surface area contributed by atoms with E-state index in [1.54, 1.807) is 44.7 Å². The van der Waals surface area contributed by atoms with Crippen molar-refractivity contribution in [2.45, 2.75) is 51.7 Å². The van der Waals surface area contributed by atoms with E-state index in [1.165, 1.54) is 6.07 Å². The summed E-state index contributed by atoms with van der Waals surface area (Å²) in [6, 6.07) is 4.87. The molecule has 0 aromatic heterocycles. The van der Waals surface area contributed by atoms with Gasteiger partial charge in [-0.3, -0.25) is 4.79 Å². The number of piperidine rings is 1. The maximum absolute atomic E-state index is 13.6. The molecule has 25 heavy (non-hydrogen) atoms. The summed E-state index contributed by atoms with van der Waals surface area (Å²) in [6.45, 7) is 8.00. The molecule has 1 aliphatic rings. The number of carbonyl (C=O) groups excluding carboxylic acids is 1. The van der Waals surface area contributed by atoms with Crippen molar-refractivity contribution in [3.63, 3.8) is 0 Å². The van der Waals surface area contributed by atoms with Gasteiger partial charge in [-0.1, -0.05) is 12.1 Å². The van der Waals surface area contributed by atoms with E-state index in [-0.39, 0.29) is 29.8 Å². The molecule has 0 aliphatic carbocycles. The van der Waals surface area contributed by atoms with Gasteiger partial charge in [0.1, 0.15) is 5.82 Å². The zero-order valence-electron chi connectivity index (χ0n) is 15.5. The van der Waals surface area contributed by atoms with Gasteiger partial charge in [-0.15, -0.1) is 0 Å². The maximum atomic E-state index is 13.6. The third-order valence-electron chi connectivity index (χ3n) is 4.95. The Bertz CT molecular complexity index is 730. The Morgan fingerprint density at radius 1 is 1.24 bits per heavy atom.